The lowest BCUT2D eigenvalue weighted by molar-refractivity contribution is 0.626. The van der Waals surface area contributed by atoms with Crippen LogP contribution in [0.1, 0.15) is 31.0 Å². The molecule has 0 fully saturated rings. The van der Waals surface area contributed by atoms with E-state index in [1.54, 1.807) is 0 Å². The Kier molecular flexibility index (Phi) is 3.79. The van der Waals surface area contributed by atoms with Gasteiger partial charge in [0.1, 0.15) is 0 Å². The fourth-order valence-corrected chi connectivity index (χ4v) is 1.94. The third-order valence-corrected chi connectivity index (χ3v) is 3.12. The van der Waals surface area contributed by atoms with E-state index >= 15 is 0 Å². The van der Waals surface area contributed by atoms with Crippen LogP contribution in [0.3, 0.4) is 0 Å². The van der Waals surface area contributed by atoms with Gasteiger partial charge < -0.3 is 0 Å². The fraction of sp³-hybridized carbons (Fsp3) is 0.385. The second-order valence-corrected chi connectivity index (χ2v) is 4.66. The highest BCUT2D eigenvalue weighted by molar-refractivity contribution is 6.30. The van der Waals surface area contributed by atoms with Gasteiger partial charge in [0.25, 0.3) is 0 Å². The lowest BCUT2D eigenvalue weighted by atomic mass is 9.97. The monoisotopic (exact) mass is 249 g/mol. The maximum Gasteiger partial charge on any atom is 0.0833 e. The number of aromatic nitrogens is 3. The molecule has 3 nitrogen and oxygen atoms in total. The van der Waals surface area contributed by atoms with E-state index in [0.717, 1.165) is 23.7 Å². The first-order valence-corrected chi connectivity index (χ1v) is 6.21. The summed E-state index contributed by atoms with van der Waals surface area (Å²) in [4.78, 5) is 0. The molecule has 1 aromatic heterocycles. The van der Waals surface area contributed by atoms with Crippen molar-refractivity contribution in [3.8, 4) is 0 Å². The number of halogens is 1. The molecule has 0 aliphatic carbocycles. The fourth-order valence-electron chi connectivity index (χ4n) is 1.81. The Morgan fingerprint density at radius 2 is 2.00 bits per heavy atom. The van der Waals surface area contributed by atoms with E-state index in [1.165, 1.54) is 5.56 Å². The molecule has 0 saturated heterocycles. The summed E-state index contributed by atoms with van der Waals surface area (Å²) >= 11 is 5.87. The third kappa shape index (κ3) is 3.07. The average molecular weight is 250 g/mol. The van der Waals surface area contributed by atoms with Crippen molar-refractivity contribution >= 4 is 11.6 Å². The Bertz CT molecular complexity index is 476. The predicted octanol–water partition coefficient (Wildman–Crippen LogP) is 3.30. The van der Waals surface area contributed by atoms with Crippen LogP contribution >= 0.6 is 11.6 Å². The van der Waals surface area contributed by atoms with Crippen molar-refractivity contribution in [3.63, 3.8) is 0 Å². The second kappa shape index (κ2) is 5.32. The first kappa shape index (κ1) is 12.1. The lowest BCUT2D eigenvalue weighted by Crippen LogP contribution is -1.98. The number of nitrogens with zero attached hydrogens (tertiary/aromatic N) is 3. The average Bonchev–Trinajstić information content (AvgIpc) is 2.77. The Morgan fingerprint density at radius 1 is 1.29 bits per heavy atom. The Balaban J connectivity index is 2.05. The van der Waals surface area contributed by atoms with Gasteiger partial charge in [0.2, 0.25) is 0 Å². The smallest absolute Gasteiger partial charge is 0.0833 e. The van der Waals surface area contributed by atoms with Gasteiger partial charge in [-0.25, -0.2) is 0 Å². The summed E-state index contributed by atoms with van der Waals surface area (Å²) < 4.78 is 1.85. The maximum absolute atomic E-state index is 5.87. The summed E-state index contributed by atoms with van der Waals surface area (Å²) in [7, 11) is 0. The SMILES string of the molecule is CCn1cc(CC(C)c2ccc(Cl)cc2)nn1. The van der Waals surface area contributed by atoms with Crippen molar-refractivity contribution in [2.75, 3.05) is 0 Å². The van der Waals surface area contributed by atoms with Gasteiger partial charge in [-0.05, 0) is 37.0 Å². The van der Waals surface area contributed by atoms with Crippen molar-refractivity contribution in [2.45, 2.75) is 32.7 Å². The molecule has 0 radical (unpaired) electrons. The highest BCUT2D eigenvalue weighted by atomic mass is 35.5. The highest BCUT2D eigenvalue weighted by Crippen LogP contribution is 2.21. The van der Waals surface area contributed by atoms with Crippen molar-refractivity contribution in [1.82, 2.24) is 15.0 Å². The van der Waals surface area contributed by atoms with E-state index in [2.05, 4.69) is 36.3 Å². The van der Waals surface area contributed by atoms with Gasteiger partial charge in [-0.1, -0.05) is 35.9 Å². The molecule has 90 valence electrons. The van der Waals surface area contributed by atoms with Gasteiger partial charge in [-0.15, -0.1) is 5.10 Å². The molecular weight excluding hydrogens is 234 g/mol. The van der Waals surface area contributed by atoms with Gasteiger partial charge in [0.15, 0.2) is 0 Å². The normalized spacial score (nSPS) is 12.6. The molecule has 0 bridgehead atoms. The quantitative estimate of drug-likeness (QED) is 0.833. The second-order valence-electron chi connectivity index (χ2n) is 4.22. The number of hydrogen-bond donors (Lipinski definition) is 0. The van der Waals surface area contributed by atoms with Crippen molar-refractivity contribution in [3.05, 3.63) is 46.7 Å². The predicted molar refractivity (Wildman–Crippen MR) is 69.3 cm³/mol. The van der Waals surface area contributed by atoms with E-state index in [0.29, 0.717) is 5.92 Å². The number of hydrogen-bond acceptors (Lipinski definition) is 2. The van der Waals surface area contributed by atoms with E-state index in [9.17, 15) is 0 Å². The van der Waals surface area contributed by atoms with Gasteiger partial charge in [0, 0.05) is 17.8 Å². The highest BCUT2D eigenvalue weighted by Gasteiger charge is 2.09. The van der Waals surface area contributed by atoms with Crippen LogP contribution in [0, 0.1) is 0 Å². The van der Waals surface area contributed by atoms with Crippen LogP contribution < -0.4 is 0 Å². The Hall–Kier alpha value is -1.35. The minimum atomic E-state index is 0.425. The summed E-state index contributed by atoms with van der Waals surface area (Å²) in [5, 5.41) is 8.97. The van der Waals surface area contributed by atoms with Gasteiger partial charge in [-0.3, -0.25) is 4.68 Å². The van der Waals surface area contributed by atoms with Crippen LogP contribution in [-0.4, -0.2) is 15.0 Å². The third-order valence-electron chi connectivity index (χ3n) is 2.86. The molecule has 0 amide bonds. The first-order chi connectivity index (χ1) is 8.19. The van der Waals surface area contributed by atoms with E-state index in [1.807, 2.05) is 23.0 Å². The zero-order chi connectivity index (χ0) is 12.3. The number of benzene rings is 1. The molecule has 1 unspecified atom stereocenters. The van der Waals surface area contributed by atoms with Gasteiger partial charge >= 0.3 is 0 Å². The van der Waals surface area contributed by atoms with Gasteiger partial charge in [0.05, 0.1) is 5.69 Å². The first-order valence-electron chi connectivity index (χ1n) is 5.83. The van der Waals surface area contributed by atoms with Crippen LogP contribution in [-0.2, 0) is 13.0 Å². The minimum Gasteiger partial charge on any atom is -0.253 e. The number of aryl methyl sites for hydroxylation is 1. The molecule has 2 aromatic rings. The van der Waals surface area contributed by atoms with E-state index in [4.69, 9.17) is 11.6 Å². The zero-order valence-corrected chi connectivity index (χ0v) is 10.9. The largest absolute Gasteiger partial charge is 0.253 e. The molecule has 0 spiro atoms. The summed E-state index contributed by atoms with van der Waals surface area (Å²) in [6.45, 7) is 5.11. The lowest BCUT2D eigenvalue weighted by Gasteiger charge is -2.09. The van der Waals surface area contributed by atoms with Crippen LogP contribution in [0.2, 0.25) is 5.02 Å². The number of rotatable bonds is 4. The standard InChI is InChI=1S/C13H16ClN3/c1-3-17-9-13(15-16-17)8-10(2)11-4-6-12(14)7-5-11/h4-7,9-10H,3,8H2,1-2H3. The van der Waals surface area contributed by atoms with Crippen LogP contribution in [0.5, 0.6) is 0 Å². The van der Waals surface area contributed by atoms with Crippen LogP contribution in [0.15, 0.2) is 30.5 Å². The molecule has 0 aliphatic rings. The summed E-state index contributed by atoms with van der Waals surface area (Å²) in [5.74, 6) is 0.425. The minimum absolute atomic E-state index is 0.425. The van der Waals surface area contributed by atoms with E-state index < -0.39 is 0 Å². The van der Waals surface area contributed by atoms with E-state index in [-0.39, 0.29) is 0 Å². The molecule has 0 N–H and O–H groups in total. The topological polar surface area (TPSA) is 30.7 Å². The van der Waals surface area contributed by atoms with Gasteiger partial charge in [-0.2, -0.15) is 0 Å². The molecule has 4 heteroatoms. The summed E-state index contributed by atoms with van der Waals surface area (Å²) in [6, 6.07) is 7.99. The zero-order valence-electron chi connectivity index (χ0n) is 10.1. The van der Waals surface area contributed by atoms with Crippen molar-refractivity contribution < 1.29 is 0 Å². The molecular formula is C13H16ClN3. The Labute approximate surface area is 106 Å². The molecule has 1 aromatic carbocycles. The Morgan fingerprint density at radius 3 is 2.59 bits per heavy atom. The summed E-state index contributed by atoms with van der Waals surface area (Å²) in [5.41, 5.74) is 2.31. The summed E-state index contributed by atoms with van der Waals surface area (Å²) in [6.07, 6.45) is 2.91. The maximum atomic E-state index is 5.87. The van der Waals surface area contributed by atoms with Crippen LogP contribution in [0.4, 0.5) is 0 Å². The molecule has 0 saturated carbocycles. The molecule has 2 rings (SSSR count). The van der Waals surface area contributed by atoms with Crippen molar-refractivity contribution in [2.24, 2.45) is 0 Å². The van der Waals surface area contributed by atoms with Crippen molar-refractivity contribution in [1.29, 1.82) is 0 Å². The molecule has 1 atom stereocenters. The van der Waals surface area contributed by atoms with Crippen LogP contribution in [0.25, 0.3) is 0 Å². The molecule has 17 heavy (non-hydrogen) atoms. The molecule has 1 heterocycles. The molecule has 0 aliphatic heterocycles.